The van der Waals surface area contributed by atoms with E-state index in [0.717, 1.165) is 17.4 Å². The first-order valence-electron chi connectivity index (χ1n) is 7.30. The number of rotatable bonds is 5. The number of fused-ring (bicyclic) bond motifs is 1. The predicted octanol–water partition coefficient (Wildman–Crippen LogP) is 2.63. The number of pyridine rings is 1. The summed E-state index contributed by atoms with van der Waals surface area (Å²) in [5, 5.41) is 7.44. The first-order chi connectivity index (χ1) is 9.96. The minimum Gasteiger partial charge on any atom is -0.351 e. The molecule has 0 saturated heterocycles. The molecule has 1 heterocycles. The second-order valence-corrected chi connectivity index (χ2v) is 6.21. The fourth-order valence-electron chi connectivity index (χ4n) is 2.21. The van der Waals surface area contributed by atoms with Crippen LogP contribution in [0.25, 0.3) is 10.9 Å². The molecule has 0 fully saturated rings. The Hall–Kier alpha value is -1.94. The van der Waals surface area contributed by atoms with Gasteiger partial charge in [0.05, 0.1) is 5.52 Å². The molecule has 1 aromatic heterocycles. The zero-order valence-electron chi connectivity index (χ0n) is 12.9. The van der Waals surface area contributed by atoms with Gasteiger partial charge in [-0.1, -0.05) is 18.2 Å². The summed E-state index contributed by atoms with van der Waals surface area (Å²) in [7, 11) is 0. The van der Waals surface area contributed by atoms with Crippen molar-refractivity contribution in [1.29, 1.82) is 0 Å². The Bertz CT molecular complexity index is 611. The largest absolute Gasteiger partial charge is 0.351 e. The Morgan fingerprint density at radius 2 is 1.95 bits per heavy atom. The summed E-state index contributed by atoms with van der Waals surface area (Å²) >= 11 is 0. The predicted molar refractivity (Wildman–Crippen MR) is 86.0 cm³/mol. The van der Waals surface area contributed by atoms with Crippen LogP contribution in [0.4, 0.5) is 0 Å². The van der Waals surface area contributed by atoms with E-state index >= 15 is 0 Å². The number of benzene rings is 1. The van der Waals surface area contributed by atoms with Crippen molar-refractivity contribution in [3.8, 4) is 0 Å². The van der Waals surface area contributed by atoms with Crippen molar-refractivity contribution in [2.75, 3.05) is 6.54 Å². The van der Waals surface area contributed by atoms with E-state index in [1.807, 2.05) is 51.2 Å². The summed E-state index contributed by atoms with van der Waals surface area (Å²) in [5.74, 6) is 0.0783. The summed E-state index contributed by atoms with van der Waals surface area (Å²) in [6, 6.07) is 10.1. The maximum absolute atomic E-state index is 11.7. The van der Waals surface area contributed by atoms with Crippen molar-refractivity contribution in [3.05, 3.63) is 42.1 Å². The minimum atomic E-state index is -0.168. The molecule has 0 saturated carbocycles. The minimum absolute atomic E-state index is 0.0783. The number of aromatic nitrogens is 1. The monoisotopic (exact) mass is 285 g/mol. The topological polar surface area (TPSA) is 54.0 Å². The van der Waals surface area contributed by atoms with Gasteiger partial charge in [0, 0.05) is 36.6 Å². The molecule has 2 N–H and O–H groups in total. The third kappa shape index (κ3) is 4.83. The van der Waals surface area contributed by atoms with Gasteiger partial charge in [-0.2, -0.15) is 0 Å². The normalized spacial score (nSPS) is 11.6. The van der Waals surface area contributed by atoms with Crippen molar-refractivity contribution in [1.82, 2.24) is 15.6 Å². The molecular weight excluding hydrogens is 262 g/mol. The van der Waals surface area contributed by atoms with Crippen LogP contribution in [0.15, 0.2) is 36.5 Å². The van der Waals surface area contributed by atoms with E-state index in [9.17, 15) is 4.79 Å². The second-order valence-electron chi connectivity index (χ2n) is 6.21. The van der Waals surface area contributed by atoms with E-state index in [1.54, 1.807) is 0 Å². The average Bonchev–Trinajstić information content (AvgIpc) is 2.42. The van der Waals surface area contributed by atoms with E-state index < -0.39 is 0 Å². The molecule has 0 radical (unpaired) electrons. The average molecular weight is 285 g/mol. The summed E-state index contributed by atoms with van der Waals surface area (Å²) in [4.78, 5) is 16.1. The van der Waals surface area contributed by atoms with E-state index in [1.165, 1.54) is 5.56 Å². The highest BCUT2D eigenvalue weighted by Gasteiger charge is 2.12. The molecule has 0 atom stereocenters. The highest BCUT2D eigenvalue weighted by Crippen LogP contribution is 2.15. The lowest BCUT2D eigenvalue weighted by Crippen LogP contribution is -2.41. The Kier molecular flexibility index (Phi) is 4.91. The molecule has 2 aromatic rings. The number of nitrogens with one attached hydrogen (secondary N) is 2. The number of carbonyl (C=O) groups excluding carboxylic acids is 1. The standard InChI is InChI=1S/C17H23N3O/c1-17(2,3)20-16(21)9-10-18-12-13-8-11-19-15-7-5-4-6-14(13)15/h4-8,11,18H,9-10,12H2,1-3H3,(H,20,21). The van der Waals surface area contributed by atoms with Crippen LogP contribution in [-0.2, 0) is 11.3 Å². The molecule has 0 spiro atoms. The lowest BCUT2D eigenvalue weighted by molar-refractivity contribution is -0.122. The van der Waals surface area contributed by atoms with Crippen LogP contribution >= 0.6 is 0 Å². The highest BCUT2D eigenvalue weighted by molar-refractivity contribution is 5.81. The molecule has 0 bridgehead atoms. The number of nitrogens with zero attached hydrogens (tertiary/aromatic N) is 1. The number of carbonyl (C=O) groups is 1. The van der Waals surface area contributed by atoms with Gasteiger partial charge in [0.2, 0.25) is 5.91 Å². The Morgan fingerprint density at radius 3 is 2.71 bits per heavy atom. The van der Waals surface area contributed by atoms with Crippen LogP contribution in [-0.4, -0.2) is 23.0 Å². The molecule has 0 unspecified atom stereocenters. The lowest BCUT2D eigenvalue weighted by atomic mass is 10.1. The summed E-state index contributed by atoms with van der Waals surface area (Å²) in [5.41, 5.74) is 2.04. The fourth-order valence-corrected chi connectivity index (χ4v) is 2.21. The van der Waals surface area contributed by atoms with Crippen LogP contribution in [0.5, 0.6) is 0 Å². The molecule has 4 nitrogen and oxygen atoms in total. The number of hydrogen-bond acceptors (Lipinski definition) is 3. The third-order valence-corrected chi connectivity index (χ3v) is 3.10. The van der Waals surface area contributed by atoms with Gasteiger partial charge in [0.15, 0.2) is 0 Å². The summed E-state index contributed by atoms with van der Waals surface area (Å²) in [6.45, 7) is 7.37. The molecule has 2 rings (SSSR count). The van der Waals surface area contributed by atoms with Crippen molar-refractivity contribution in [2.24, 2.45) is 0 Å². The van der Waals surface area contributed by atoms with Gasteiger partial charge in [0.1, 0.15) is 0 Å². The quantitative estimate of drug-likeness (QED) is 0.830. The molecule has 0 aliphatic rings. The maximum atomic E-state index is 11.7. The summed E-state index contributed by atoms with van der Waals surface area (Å²) < 4.78 is 0. The third-order valence-electron chi connectivity index (χ3n) is 3.10. The number of para-hydroxylation sites is 1. The van der Waals surface area contributed by atoms with E-state index in [2.05, 4.69) is 21.7 Å². The number of amides is 1. The second kappa shape index (κ2) is 6.68. The smallest absolute Gasteiger partial charge is 0.221 e. The molecule has 0 aliphatic heterocycles. The number of hydrogen-bond donors (Lipinski definition) is 2. The van der Waals surface area contributed by atoms with E-state index in [4.69, 9.17) is 0 Å². The fraction of sp³-hybridized carbons (Fsp3) is 0.412. The van der Waals surface area contributed by atoms with Gasteiger partial charge in [-0.25, -0.2) is 0 Å². The van der Waals surface area contributed by atoms with Gasteiger partial charge in [-0.05, 0) is 38.5 Å². The highest BCUT2D eigenvalue weighted by atomic mass is 16.1. The molecule has 21 heavy (non-hydrogen) atoms. The van der Waals surface area contributed by atoms with Gasteiger partial charge in [-0.3, -0.25) is 9.78 Å². The Labute approximate surface area is 126 Å². The zero-order valence-corrected chi connectivity index (χ0v) is 12.9. The molecular formula is C17H23N3O. The molecule has 1 aromatic carbocycles. The van der Waals surface area contributed by atoms with Gasteiger partial charge in [0.25, 0.3) is 0 Å². The summed E-state index contributed by atoms with van der Waals surface area (Å²) in [6.07, 6.45) is 2.31. The van der Waals surface area contributed by atoms with E-state index in [0.29, 0.717) is 13.0 Å². The van der Waals surface area contributed by atoms with Crippen LogP contribution < -0.4 is 10.6 Å². The Balaban J connectivity index is 1.84. The van der Waals surface area contributed by atoms with Crippen molar-refractivity contribution >= 4 is 16.8 Å². The molecule has 0 aliphatic carbocycles. The van der Waals surface area contributed by atoms with Crippen molar-refractivity contribution in [2.45, 2.75) is 39.3 Å². The van der Waals surface area contributed by atoms with Crippen LogP contribution in [0.1, 0.15) is 32.8 Å². The first-order valence-corrected chi connectivity index (χ1v) is 7.30. The van der Waals surface area contributed by atoms with Crippen LogP contribution in [0.3, 0.4) is 0 Å². The van der Waals surface area contributed by atoms with Crippen LogP contribution in [0.2, 0.25) is 0 Å². The zero-order chi connectivity index (χ0) is 15.3. The van der Waals surface area contributed by atoms with Crippen molar-refractivity contribution in [3.63, 3.8) is 0 Å². The van der Waals surface area contributed by atoms with Gasteiger partial charge in [-0.15, -0.1) is 0 Å². The van der Waals surface area contributed by atoms with Crippen molar-refractivity contribution < 1.29 is 4.79 Å². The molecule has 112 valence electrons. The SMILES string of the molecule is CC(C)(C)NC(=O)CCNCc1ccnc2ccccc12. The maximum Gasteiger partial charge on any atom is 0.221 e. The van der Waals surface area contributed by atoms with E-state index in [-0.39, 0.29) is 11.4 Å². The van der Waals surface area contributed by atoms with Crippen LogP contribution in [0, 0.1) is 0 Å². The lowest BCUT2D eigenvalue weighted by Gasteiger charge is -2.20. The Morgan fingerprint density at radius 1 is 1.19 bits per heavy atom. The molecule has 4 heteroatoms. The van der Waals surface area contributed by atoms with Gasteiger partial charge >= 0.3 is 0 Å². The first kappa shape index (κ1) is 15.4. The molecule has 1 amide bonds. The van der Waals surface area contributed by atoms with Gasteiger partial charge < -0.3 is 10.6 Å².